The standard InChI is InChI=1S/C13H12BrClINS/c1-2-17-12(13-10(15)5-6-18-13)9-7-8(14)3-4-11(9)16/h3-7,12,17H,2H2,1H3. The van der Waals surface area contributed by atoms with Crippen LogP contribution in [-0.4, -0.2) is 6.54 Å². The normalized spacial score (nSPS) is 12.7. The molecule has 0 spiro atoms. The van der Waals surface area contributed by atoms with Crippen LogP contribution in [0.3, 0.4) is 0 Å². The first-order valence-electron chi connectivity index (χ1n) is 5.54. The summed E-state index contributed by atoms with van der Waals surface area (Å²) < 4.78 is 2.33. The third-order valence-electron chi connectivity index (χ3n) is 2.58. The van der Waals surface area contributed by atoms with Crippen molar-refractivity contribution >= 4 is 61.5 Å². The molecule has 5 heteroatoms. The Bertz CT molecular complexity index is 544. The van der Waals surface area contributed by atoms with Crippen molar-refractivity contribution in [3.05, 3.63) is 53.2 Å². The van der Waals surface area contributed by atoms with Gasteiger partial charge in [0, 0.05) is 12.9 Å². The van der Waals surface area contributed by atoms with Gasteiger partial charge in [0.15, 0.2) is 0 Å². The molecular weight excluding hydrogens is 444 g/mol. The fourth-order valence-corrected chi connectivity index (χ4v) is 4.08. The Labute approximate surface area is 138 Å². The summed E-state index contributed by atoms with van der Waals surface area (Å²) >= 11 is 13.9. The van der Waals surface area contributed by atoms with Gasteiger partial charge >= 0.3 is 0 Å². The van der Waals surface area contributed by atoms with E-state index in [4.69, 9.17) is 11.6 Å². The maximum absolute atomic E-state index is 6.27. The summed E-state index contributed by atoms with van der Waals surface area (Å²) in [5.74, 6) is 0. The first kappa shape index (κ1) is 14.8. The highest BCUT2D eigenvalue weighted by molar-refractivity contribution is 14.1. The van der Waals surface area contributed by atoms with Gasteiger partial charge in [-0.1, -0.05) is 34.5 Å². The molecule has 96 valence electrons. The lowest BCUT2D eigenvalue weighted by molar-refractivity contribution is 0.637. The van der Waals surface area contributed by atoms with Crippen molar-refractivity contribution in [3.8, 4) is 0 Å². The zero-order chi connectivity index (χ0) is 13.1. The van der Waals surface area contributed by atoms with E-state index in [0.29, 0.717) is 0 Å². The highest BCUT2D eigenvalue weighted by Gasteiger charge is 2.19. The van der Waals surface area contributed by atoms with Crippen LogP contribution >= 0.6 is 61.5 Å². The minimum Gasteiger partial charge on any atom is -0.306 e. The summed E-state index contributed by atoms with van der Waals surface area (Å²) in [6.45, 7) is 3.01. The van der Waals surface area contributed by atoms with Gasteiger partial charge in [0.2, 0.25) is 0 Å². The molecule has 1 unspecified atom stereocenters. The average Bonchev–Trinajstić information content (AvgIpc) is 2.76. The number of halogens is 3. The van der Waals surface area contributed by atoms with E-state index in [2.05, 4.69) is 69.0 Å². The van der Waals surface area contributed by atoms with Crippen molar-refractivity contribution < 1.29 is 0 Å². The maximum Gasteiger partial charge on any atom is 0.0696 e. The van der Waals surface area contributed by atoms with Gasteiger partial charge in [-0.3, -0.25) is 0 Å². The van der Waals surface area contributed by atoms with E-state index in [9.17, 15) is 0 Å². The fraction of sp³-hybridized carbons (Fsp3) is 0.231. The van der Waals surface area contributed by atoms with E-state index in [1.54, 1.807) is 11.3 Å². The monoisotopic (exact) mass is 455 g/mol. The third kappa shape index (κ3) is 3.28. The van der Waals surface area contributed by atoms with E-state index < -0.39 is 0 Å². The number of rotatable bonds is 4. The van der Waals surface area contributed by atoms with Crippen LogP contribution in [0.4, 0.5) is 0 Å². The van der Waals surface area contributed by atoms with E-state index in [-0.39, 0.29) is 6.04 Å². The van der Waals surface area contributed by atoms with Gasteiger partial charge in [0.1, 0.15) is 0 Å². The van der Waals surface area contributed by atoms with Gasteiger partial charge in [-0.25, -0.2) is 0 Å². The lowest BCUT2D eigenvalue weighted by Gasteiger charge is -2.19. The molecule has 0 amide bonds. The first-order valence-corrected chi connectivity index (χ1v) is 8.67. The molecule has 0 aliphatic carbocycles. The van der Waals surface area contributed by atoms with Crippen molar-refractivity contribution in [2.45, 2.75) is 13.0 Å². The van der Waals surface area contributed by atoms with Crippen LogP contribution in [0, 0.1) is 3.57 Å². The highest BCUT2D eigenvalue weighted by atomic mass is 127. The number of thiophene rings is 1. The smallest absolute Gasteiger partial charge is 0.0696 e. The molecule has 18 heavy (non-hydrogen) atoms. The number of benzene rings is 1. The van der Waals surface area contributed by atoms with Gasteiger partial charge in [0.25, 0.3) is 0 Å². The summed E-state index contributed by atoms with van der Waals surface area (Å²) in [7, 11) is 0. The van der Waals surface area contributed by atoms with E-state index in [0.717, 1.165) is 16.0 Å². The number of hydrogen-bond acceptors (Lipinski definition) is 2. The molecule has 0 aliphatic heterocycles. The van der Waals surface area contributed by atoms with E-state index >= 15 is 0 Å². The molecule has 2 aromatic rings. The molecular formula is C13H12BrClINS. The minimum atomic E-state index is 0.159. The van der Waals surface area contributed by atoms with Crippen LogP contribution in [-0.2, 0) is 0 Å². The number of hydrogen-bond donors (Lipinski definition) is 1. The molecule has 0 fully saturated rings. The Morgan fingerprint density at radius 1 is 1.44 bits per heavy atom. The van der Waals surface area contributed by atoms with Crippen molar-refractivity contribution in [1.29, 1.82) is 0 Å². The van der Waals surface area contributed by atoms with Gasteiger partial charge in [0.05, 0.1) is 11.1 Å². The van der Waals surface area contributed by atoms with Gasteiger partial charge in [-0.05, 0) is 64.3 Å². The van der Waals surface area contributed by atoms with Gasteiger partial charge in [-0.15, -0.1) is 11.3 Å². The summed E-state index contributed by atoms with van der Waals surface area (Å²) in [4.78, 5) is 1.18. The molecule has 1 nitrogen and oxygen atoms in total. The van der Waals surface area contributed by atoms with E-state index in [1.807, 2.05) is 11.4 Å². The molecule has 0 radical (unpaired) electrons. The Hall–Kier alpha value is 0.380. The summed E-state index contributed by atoms with van der Waals surface area (Å²) in [6, 6.07) is 8.45. The van der Waals surface area contributed by atoms with Gasteiger partial charge < -0.3 is 5.32 Å². The highest BCUT2D eigenvalue weighted by Crippen LogP contribution is 2.35. The largest absolute Gasteiger partial charge is 0.306 e. The molecule has 2 rings (SSSR count). The molecule has 1 N–H and O–H groups in total. The van der Waals surface area contributed by atoms with Crippen molar-refractivity contribution in [1.82, 2.24) is 5.32 Å². The van der Waals surface area contributed by atoms with Crippen molar-refractivity contribution in [2.75, 3.05) is 6.54 Å². The summed E-state index contributed by atoms with van der Waals surface area (Å²) in [6.07, 6.45) is 0. The molecule has 1 aromatic carbocycles. The average molecular weight is 457 g/mol. The maximum atomic E-state index is 6.27. The second-order valence-corrected chi connectivity index (χ2v) is 7.22. The van der Waals surface area contributed by atoms with Crippen molar-refractivity contribution in [2.24, 2.45) is 0 Å². The van der Waals surface area contributed by atoms with Crippen LogP contribution in [0.1, 0.15) is 23.4 Å². The van der Waals surface area contributed by atoms with E-state index in [1.165, 1.54) is 14.0 Å². The Kier molecular flexibility index (Phi) is 5.50. The first-order chi connectivity index (χ1) is 8.63. The topological polar surface area (TPSA) is 12.0 Å². The molecule has 0 aliphatic rings. The van der Waals surface area contributed by atoms with Crippen LogP contribution in [0.15, 0.2) is 34.1 Å². The number of nitrogens with one attached hydrogen (secondary N) is 1. The zero-order valence-electron chi connectivity index (χ0n) is 9.71. The third-order valence-corrected chi connectivity index (χ3v) is 5.48. The Morgan fingerprint density at radius 3 is 2.83 bits per heavy atom. The molecule has 0 saturated carbocycles. The van der Waals surface area contributed by atoms with Crippen LogP contribution in [0.25, 0.3) is 0 Å². The second kappa shape index (κ2) is 6.70. The second-order valence-electron chi connectivity index (χ2n) is 3.79. The lowest BCUT2D eigenvalue weighted by atomic mass is 10.1. The molecule has 1 atom stereocenters. The van der Waals surface area contributed by atoms with Crippen molar-refractivity contribution in [3.63, 3.8) is 0 Å². The SMILES string of the molecule is CCNC(c1cc(Br)ccc1I)c1sccc1Cl. The molecule has 1 aromatic heterocycles. The predicted octanol–water partition coefficient (Wildman–Crippen LogP) is 5.47. The van der Waals surface area contributed by atoms with Crippen LogP contribution in [0.2, 0.25) is 5.02 Å². The predicted molar refractivity (Wildman–Crippen MR) is 91.7 cm³/mol. The Balaban J connectivity index is 2.48. The van der Waals surface area contributed by atoms with Gasteiger partial charge in [-0.2, -0.15) is 0 Å². The molecule has 0 saturated heterocycles. The summed E-state index contributed by atoms with van der Waals surface area (Å²) in [5.41, 5.74) is 1.26. The molecule has 0 bridgehead atoms. The zero-order valence-corrected chi connectivity index (χ0v) is 15.0. The quantitative estimate of drug-likeness (QED) is 0.602. The molecule has 1 heterocycles. The summed E-state index contributed by atoms with van der Waals surface area (Å²) in [5, 5.41) is 6.38. The van der Waals surface area contributed by atoms with Crippen LogP contribution in [0.5, 0.6) is 0 Å². The fourth-order valence-electron chi connectivity index (χ4n) is 1.80. The Morgan fingerprint density at radius 2 is 2.22 bits per heavy atom. The van der Waals surface area contributed by atoms with Crippen LogP contribution < -0.4 is 5.32 Å². The minimum absolute atomic E-state index is 0.159. The lowest BCUT2D eigenvalue weighted by Crippen LogP contribution is -2.22.